The first-order valence-corrected chi connectivity index (χ1v) is 5.91. The van der Waals surface area contributed by atoms with Gasteiger partial charge in [0.2, 0.25) is 0 Å². The maximum absolute atomic E-state index is 10.8. The van der Waals surface area contributed by atoms with Crippen LogP contribution >= 0.6 is 0 Å². The van der Waals surface area contributed by atoms with Crippen molar-refractivity contribution in [3.8, 4) is 0 Å². The van der Waals surface area contributed by atoms with E-state index in [0.29, 0.717) is 11.5 Å². The first-order valence-electron chi connectivity index (χ1n) is 5.91. The monoisotopic (exact) mass is 230 g/mol. The van der Waals surface area contributed by atoms with Crippen LogP contribution in [0.2, 0.25) is 0 Å². The average molecular weight is 230 g/mol. The molecule has 1 heterocycles. The van der Waals surface area contributed by atoms with E-state index in [1.165, 1.54) is 18.7 Å². The van der Waals surface area contributed by atoms with Gasteiger partial charge in [0.25, 0.3) is 0 Å². The normalized spacial score (nSPS) is 19.3. The van der Waals surface area contributed by atoms with Gasteiger partial charge in [-0.05, 0) is 37.1 Å². The highest BCUT2D eigenvalue weighted by Crippen LogP contribution is 2.35. The minimum atomic E-state index is -0.881. The Bertz CT molecular complexity index is 475. The molecule has 88 valence electrons. The number of rotatable bonds is 3. The molecular formula is C13H14N2O2. The molecule has 17 heavy (non-hydrogen) atoms. The van der Waals surface area contributed by atoms with E-state index >= 15 is 0 Å². The van der Waals surface area contributed by atoms with Crippen molar-refractivity contribution in [2.45, 2.75) is 12.8 Å². The number of benzene rings is 1. The van der Waals surface area contributed by atoms with Gasteiger partial charge in [-0.25, -0.2) is 4.79 Å². The van der Waals surface area contributed by atoms with Crippen LogP contribution in [0.15, 0.2) is 29.3 Å². The minimum absolute atomic E-state index is 0.331. The van der Waals surface area contributed by atoms with E-state index in [-0.39, 0.29) is 0 Å². The fourth-order valence-corrected chi connectivity index (χ4v) is 2.20. The maximum atomic E-state index is 10.8. The summed E-state index contributed by atoms with van der Waals surface area (Å²) in [6, 6.07) is 7.04. The number of carboxylic acids is 1. The Hall–Kier alpha value is -1.84. The van der Waals surface area contributed by atoms with E-state index in [9.17, 15) is 4.79 Å². The van der Waals surface area contributed by atoms with Gasteiger partial charge in [-0.1, -0.05) is 0 Å². The van der Waals surface area contributed by atoms with Crippen LogP contribution in [0.1, 0.15) is 23.2 Å². The van der Waals surface area contributed by atoms with Gasteiger partial charge in [0.15, 0.2) is 0 Å². The molecule has 0 amide bonds. The molecule has 0 aromatic heterocycles. The van der Waals surface area contributed by atoms with Crippen molar-refractivity contribution >= 4 is 17.5 Å². The van der Waals surface area contributed by atoms with Gasteiger partial charge in [0.1, 0.15) is 5.84 Å². The molecule has 3 rings (SSSR count). The number of hydrogen-bond acceptors (Lipinski definition) is 3. The summed E-state index contributed by atoms with van der Waals surface area (Å²) in [7, 11) is 0. The van der Waals surface area contributed by atoms with Crippen LogP contribution < -0.4 is 4.90 Å². The van der Waals surface area contributed by atoms with Crippen LogP contribution in [0.25, 0.3) is 0 Å². The van der Waals surface area contributed by atoms with E-state index < -0.39 is 5.97 Å². The summed E-state index contributed by atoms with van der Waals surface area (Å²) in [4.78, 5) is 17.5. The predicted octanol–water partition coefficient (Wildman–Crippen LogP) is 2.01. The summed E-state index contributed by atoms with van der Waals surface area (Å²) < 4.78 is 0. The second kappa shape index (κ2) is 3.87. The van der Waals surface area contributed by atoms with Crippen LogP contribution in [0.5, 0.6) is 0 Å². The molecule has 0 bridgehead atoms. The number of aromatic carboxylic acids is 1. The topological polar surface area (TPSA) is 52.9 Å². The summed E-state index contributed by atoms with van der Waals surface area (Å²) >= 11 is 0. The van der Waals surface area contributed by atoms with E-state index in [1.807, 2.05) is 12.1 Å². The third-order valence-corrected chi connectivity index (χ3v) is 3.24. The lowest BCUT2D eigenvalue weighted by atomic mass is 10.2. The molecule has 0 atom stereocenters. The van der Waals surface area contributed by atoms with Gasteiger partial charge in [-0.15, -0.1) is 0 Å². The standard InChI is InChI=1S/C13H14N2O2/c16-13(17)10-3-5-11(6-4-10)15-8-7-14-12(15)9-1-2-9/h3-6,9H,1-2,7-8H2,(H,16,17). The van der Waals surface area contributed by atoms with Crippen LogP contribution in [0, 0.1) is 5.92 Å². The molecule has 0 saturated heterocycles. The molecule has 4 heteroatoms. The SMILES string of the molecule is O=C(O)c1ccc(N2CCN=C2C2CC2)cc1. The second-order valence-corrected chi connectivity index (χ2v) is 4.52. The van der Waals surface area contributed by atoms with Gasteiger partial charge in [0, 0.05) is 18.2 Å². The third-order valence-electron chi connectivity index (χ3n) is 3.24. The molecule has 0 unspecified atom stereocenters. The molecule has 1 saturated carbocycles. The van der Waals surface area contributed by atoms with Crippen LogP contribution in [0.3, 0.4) is 0 Å². The molecule has 1 aliphatic heterocycles. The highest BCUT2D eigenvalue weighted by atomic mass is 16.4. The molecule has 1 aliphatic carbocycles. The zero-order chi connectivity index (χ0) is 11.8. The summed E-state index contributed by atoms with van der Waals surface area (Å²) in [5.74, 6) is 0.943. The van der Waals surface area contributed by atoms with E-state index in [4.69, 9.17) is 5.11 Å². The molecule has 2 aliphatic rings. The Morgan fingerprint density at radius 1 is 1.29 bits per heavy atom. The largest absolute Gasteiger partial charge is 0.478 e. The molecule has 1 fully saturated rings. The van der Waals surface area contributed by atoms with Crippen molar-refractivity contribution in [1.29, 1.82) is 0 Å². The Kier molecular flexibility index (Phi) is 2.35. The quantitative estimate of drug-likeness (QED) is 0.864. The number of hydrogen-bond donors (Lipinski definition) is 1. The van der Waals surface area contributed by atoms with Gasteiger partial charge in [-0.3, -0.25) is 4.99 Å². The van der Waals surface area contributed by atoms with Crippen LogP contribution in [0.4, 0.5) is 5.69 Å². The Balaban J connectivity index is 1.84. The zero-order valence-electron chi connectivity index (χ0n) is 9.47. The van der Waals surface area contributed by atoms with Gasteiger partial charge >= 0.3 is 5.97 Å². The third kappa shape index (κ3) is 1.90. The number of anilines is 1. The van der Waals surface area contributed by atoms with Crippen molar-refractivity contribution in [2.75, 3.05) is 18.0 Å². The molecule has 4 nitrogen and oxygen atoms in total. The van der Waals surface area contributed by atoms with Crippen LogP contribution in [-0.2, 0) is 0 Å². The number of aliphatic imine (C=N–C) groups is 1. The van der Waals surface area contributed by atoms with Crippen molar-refractivity contribution < 1.29 is 9.90 Å². The van der Waals surface area contributed by atoms with Gasteiger partial charge in [-0.2, -0.15) is 0 Å². The van der Waals surface area contributed by atoms with Gasteiger partial charge in [0.05, 0.1) is 12.1 Å². The molecule has 0 spiro atoms. The Morgan fingerprint density at radius 3 is 2.59 bits per heavy atom. The molecule has 1 aromatic carbocycles. The maximum Gasteiger partial charge on any atom is 0.335 e. The lowest BCUT2D eigenvalue weighted by molar-refractivity contribution is 0.0697. The number of carboxylic acid groups (broad SMARTS) is 1. The predicted molar refractivity (Wildman–Crippen MR) is 65.8 cm³/mol. The minimum Gasteiger partial charge on any atom is -0.478 e. The second-order valence-electron chi connectivity index (χ2n) is 4.52. The number of amidine groups is 1. The van der Waals surface area contributed by atoms with E-state index in [0.717, 1.165) is 18.8 Å². The molecule has 1 aromatic rings. The first kappa shape index (κ1) is 10.3. The smallest absolute Gasteiger partial charge is 0.335 e. The average Bonchev–Trinajstić information content (AvgIpc) is 3.07. The zero-order valence-corrected chi connectivity index (χ0v) is 9.47. The van der Waals surface area contributed by atoms with Crippen LogP contribution in [-0.4, -0.2) is 30.0 Å². The highest BCUT2D eigenvalue weighted by molar-refractivity contribution is 6.02. The number of nitrogens with zero attached hydrogens (tertiary/aromatic N) is 2. The fraction of sp³-hybridized carbons (Fsp3) is 0.385. The summed E-state index contributed by atoms with van der Waals surface area (Å²) in [5, 5.41) is 8.85. The molecule has 1 N–H and O–H groups in total. The Labute approximate surface area is 99.6 Å². The summed E-state index contributed by atoms with van der Waals surface area (Å²) in [6.45, 7) is 1.77. The van der Waals surface area contributed by atoms with E-state index in [2.05, 4.69) is 9.89 Å². The lowest BCUT2D eigenvalue weighted by Gasteiger charge is -2.20. The summed E-state index contributed by atoms with van der Waals surface area (Å²) in [5.41, 5.74) is 1.39. The number of carbonyl (C=O) groups is 1. The van der Waals surface area contributed by atoms with Gasteiger partial charge < -0.3 is 10.0 Å². The van der Waals surface area contributed by atoms with Crippen molar-refractivity contribution in [2.24, 2.45) is 10.9 Å². The lowest BCUT2D eigenvalue weighted by Crippen LogP contribution is -2.28. The van der Waals surface area contributed by atoms with E-state index in [1.54, 1.807) is 12.1 Å². The molecule has 0 radical (unpaired) electrons. The van der Waals surface area contributed by atoms with Crippen molar-refractivity contribution in [3.05, 3.63) is 29.8 Å². The van der Waals surface area contributed by atoms with Crippen molar-refractivity contribution in [1.82, 2.24) is 0 Å². The van der Waals surface area contributed by atoms with Crippen molar-refractivity contribution in [3.63, 3.8) is 0 Å². The fourth-order valence-electron chi connectivity index (χ4n) is 2.20. The molecular weight excluding hydrogens is 216 g/mol. The Morgan fingerprint density at radius 2 is 2.00 bits per heavy atom. The summed E-state index contributed by atoms with van der Waals surface area (Å²) in [6.07, 6.45) is 2.48. The first-order chi connectivity index (χ1) is 8.25. The highest BCUT2D eigenvalue weighted by Gasteiger charge is 2.33.